The Morgan fingerprint density at radius 3 is 1.50 bits per heavy atom. The predicted molar refractivity (Wildman–Crippen MR) is 30.0 cm³/mol. The second-order valence-electron chi connectivity index (χ2n) is 2.76. The topological polar surface area (TPSA) is 0 Å². The molecule has 0 rings (SSSR count). The normalized spacial score (nSPS) is 11.8. The van der Waals surface area contributed by atoms with Gasteiger partial charge in [-0.15, -0.1) is 5.28 Å². The standard InChI is InChI=1S/C5H11.Al/c1-5(2,3)4;/h1H2,2-4H3;. The molecule has 2 radical (unpaired) electrons. The molecule has 0 aliphatic carbocycles. The van der Waals surface area contributed by atoms with Crippen molar-refractivity contribution in [2.45, 2.75) is 26.1 Å². The van der Waals surface area contributed by atoms with Crippen LogP contribution in [0.2, 0.25) is 5.28 Å². The number of hydrogen-bond donors (Lipinski definition) is 0. The fourth-order valence-corrected chi connectivity index (χ4v) is 0. The van der Waals surface area contributed by atoms with E-state index in [1.807, 2.05) is 0 Å². The molecule has 0 aromatic rings. The summed E-state index contributed by atoms with van der Waals surface area (Å²) < 4.78 is 0. The van der Waals surface area contributed by atoms with E-state index in [1.54, 1.807) is 0 Å². The maximum atomic E-state index is 2.72. The van der Waals surface area contributed by atoms with Crippen molar-refractivity contribution >= 4 is 16.3 Å². The lowest BCUT2D eigenvalue weighted by Gasteiger charge is -2.13. The lowest BCUT2D eigenvalue weighted by atomic mass is 10.0. The fraction of sp³-hybridized carbons (Fsp3) is 1.00. The predicted octanol–water partition coefficient (Wildman–Crippen LogP) is 1.62. The van der Waals surface area contributed by atoms with Gasteiger partial charge in [0.2, 0.25) is 0 Å². The van der Waals surface area contributed by atoms with Gasteiger partial charge in [-0.2, -0.15) is 0 Å². The van der Waals surface area contributed by atoms with Crippen LogP contribution in [0.3, 0.4) is 0 Å². The van der Waals surface area contributed by atoms with Gasteiger partial charge in [-0.1, -0.05) is 26.2 Å². The Labute approximate surface area is 48.4 Å². The third kappa shape index (κ3) is 4.53. The van der Waals surface area contributed by atoms with Crippen LogP contribution in [0.25, 0.3) is 0 Å². The van der Waals surface area contributed by atoms with Crippen molar-refractivity contribution in [1.29, 1.82) is 0 Å². The van der Waals surface area contributed by atoms with Gasteiger partial charge < -0.3 is 0 Å². The number of hydrogen-bond acceptors (Lipinski definition) is 0. The van der Waals surface area contributed by atoms with E-state index in [0.717, 1.165) is 0 Å². The molecule has 0 amide bonds. The van der Waals surface area contributed by atoms with Gasteiger partial charge in [0.25, 0.3) is 0 Å². The van der Waals surface area contributed by atoms with Crippen LogP contribution in [-0.2, 0) is 0 Å². The van der Waals surface area contributed by atoms with Crippen LogP contribution in [-0.4, -0.2) is 16.3 Å². The van der Waals surface area contributed by atoms with Crippen LogP contribution in [0.1, 0.15) is 20.8 Å². The van der Waals surface area contributed by atoms with Gasteiger partial charge in [0, 0.05) is 0 Å². The maximum absolute atomic E-state index is 2.72. The summed E-state index contributed by atoms with van der Waals surface area (Å²) in [6, 6.07) is 0. The second kappa shape index (κ2) is 2.00. The first kappa shape index (κ1) is 6.53. The van der Waals surface area contributed by atoms with Crippen molar-refractivity contribution in [2.75, 3.05) is 0 Å². The van der Waals surface area contributed by atoms with Crippen molar-refractivity contribution in [1.82, 2.24) is 0 Å². The van der Waals surface area contributed by atoms with E-state index in [1.165, 1.54) is 5.28 Å². The first-order valence-electron chi connectivity index (χ1n) is 2.26. The molecule has 0 aliphatic rings. The Morgan fingerprint density at radius 1 is 1.33 bits per heavy atom. The molecule has 0 aliphatic heterocycles. The van der Waals surface area contributed by atoms with Crippen LogP contribution >= 0.6 is 0 Å². The highest BCUT2D eigenvalue weighted by Gasteiger charge is 2.02. The largest absolute Gasteiger partial charge is 0.118 e. The average molecular weight is 98.1 g/mol. The zero-order valence-electron chi connectivity index (χ0n) is 4.78. The van der Waals surface area contributed by atoms with E-state index in [4.69, 9.17) is 0 Å². The molecule has 0 atom stereocenters. The Morgan fingerprint density at radius 2 is 1.50 bits per heavy atom. The van der Waals surface area contributed by atoms with E-state index in [0.29, 0.717) is 5.41 Å². The summed E-state index contributed by atoms with van der Waals surface area (Å²) in [7, 11) is 0. The van der Waals surface area contributed by atoms with E-state index in [9.17, 15) is 0 Å². The van der Waals surface area contributed by atoms with Crippen LogP contribution in [0.15, 0.2) is 0 Å². The van der Waals surface area contributed by atoms with Gasteiger partial charge >= 0.3 is 0 Å². The Bertz CT molecular complexity index is 33.7. The lowest BCUT2D eigenvalue weighted by molar-refractivity contribution is 0.469. The molecule has 34 valence electrons. The molecule has 0 aromatic carbocycles. The molecule has 0 heterocycles. The summed E-state index contributed by atoms with van der Waals surface area (Å²) in [6.45, 7) is 6.67. The fourth-order valence-electron chi connectivity index (χ4n) is 0. The Hall–Kier alpha value is 0.532. The van der Waals surface area contributed by atoms with Crippen LogP contribution in [0, 0.1) is 5.41 Å². The zero-order chi connectivity index (χ0) is 5.21. The van der Waals surface area contributed by atoms with Gasteiger partial charge in [0.05, 0.1) is 0 Å². The summed E-state index contributed by atoms with van der Waals surface area (Å²) in [6.07, 6.45) is 0. The molecule has 0 spiro atoms. The molecular formula is C5H11Al. The summed E-state index contributed by atoms with van der Waals surface area (Å²) in [5, 5.41) is 1.19. The summed E-state index contributed by atoms with van der Waals surface area (Å²) in [5.74, 6) is 0. The molecule has 0 saturated heterocycles. The summed E-state index contributed by atoms with van der Waals surface area (Å²) >= 11 is 2.72. The van der Waals surface area contributed by atoms with E-state index in [-0.39, 0.29) is 0 Å². The Balaban J connectivity index is 3.17. The molecular weight excluding hydrogens is 87.0 g/mol. The minimum atomic E-state index is 0.505. The van der Waals surface area contributed by atoms with Crippen molar-refractivity contribution in [2.24, 2.45) is 5.41 Å². The van der Waals surface area contributed by atoms with Crippen molar-refractivity contribution in [3.8, 4) is 0 Å². The molecule has 0 fully saturated rings. The van der Waals surface area contributed by atoms with Crippen molar-refractivity contribution in [3.63, 3.8) is 0 Å². The molecule has 1 heteroatoms. The summed E-state index contributed by atoms with van der Waals surface area (Å²) in [5.41, 5.74) is 0.505. The highest BCUT2D eigenvalue weighted by atomic mass is 27.0. The molecule has 0 bridgehead atoms. The van der Waals surface area contributed by atoms with Crippen LogP contribution < -0.4 is 0 Å². The quantitative estimate of drug-likeness (QED) is 0.404. The maximum Gasteiger partial charge on any atom is 0.118 e. The van der Waals surface area contributed by atoms with E-state index >= 15 is 0 Å². The van der Waals surface area contributed by atoms with Crippen LogP contribution in [0.5, 0.6) is 0 Å². The van der Waals surface area contributed by atoms with Gasteiger partial charge in [-0.3, -0.25) is 0 Å². The monoisotopic (exact) mass is 98.1 g/mol. The SMILES string of the molecule is CC(C)(C)[CH2][Al]. The Kier molecular flexibility index (Phi) is 2.18. The minimum Gasteiger partial charge on any atom is -0.113 e. The molecule has 0 saturated carbocycles. The van der Waals surface area contributed by atoms with Gasteiger partial charge in [0.1, 0.15) is 16.3 Å². The first-order valence-corrected chi connectivity index (χ1v) is 3.08. The smallest absolute Gasteiger partial charge is 0.113 e. The second-order valence-corrected chi connectivity index (χ2v) is 3.17. The first-order chi connectivity index (χ1) is 2.56. The average Bonchev–Trinajstić information content (AvgIpc) is 1.35. The molecule has 6 heavy (non-hydrogen) atoms. The third-order valence-electron chi connectivity index (χ3n) is 0.612. The van der Waals surface area contributed by atoms with Crippen molar-refractivity contribution in [3.05, 3.63) is 0 Å². The number of rotatable bonds is 0. The van der Waals surface area contributed by atoms with Gasteiger partial charge in [-0.25, -0.2) is 0 Å². The highest BCUT2D eigenvalue weighted by molar-refractivity contribution is 6.08. The molecule has 0 nitrogen and oxygen atoms in total. The molecule has 0 N–H and O–H groups in total. The van der Waals surface area contributed by atoms with Gasteiger partial charge in [-0.05, 0) is 0 Å². The minimum absolute atomic E-state index is 0.505. The molecule has 0 aromatic heterocycles. The van der Waals surface area contributed by atoms with Crippen molar-refractivity contribution < 1.29 is 0 Å². The lowest BCUT2D eigenvalue weighted by Crippen LogP contribution is -2.01. The highest BCUT2D eigenvalue weighted by Crippen LogP contribution is 2.15. The zero-order valence-corrected chi connectivity index (χ0v) is 5.94. The van der Waals surface area contributed by atoms with E-state index < -0.39 is 0 Å². The van der Waals surface area contributed by atoms with Crippen LogP contribution in [0.4, 0.5) is 0 Å². The third-order valence-corrected chi connectivity index (χ3v) is 1.84. The van der Waals surface area contributed by atoms with E-state index in [2.05, 4.69) is 37.1 Å². The summed E-state index contributed by atoms with van der Waals surface area (Å²) in [4.78, 5) is 0. The van der Waals surface area contributed by atoms with Gasteiger partial charge in [0.15, 0.2) is 0 Å². The molecule has 0 unspecified atom stereocenters.